The quantitative estimate of drug-likeness (QED) is 0.660. The number of aromatic nitrogens is 2. The van der Waals surface area contributed by atoms with Gasteiger partial charge in [0.05, 0.1) is 18.8 Å². The highest BCUT2D eigenvalue weighted by atomic mass is 16.5. The molecule has 0 unspecified atom stereocenters. The van der Waals surface area contributed by atoms with Crippen molar-refractivity contribution < 1.29 is 14.9 Å². The summed E-state index contributed by atoms with van der Waals surface area (Å²) in [6, 6.07) is 2.85. The molecule has 0 radical (unpaired) electrons. The van der Waals surface area contributed by atoms with Crippen LogP contribution in [0.1, 0.15) is 12.6 Å². The van der Waals surface area contributed by atoms with Crippen LogP contribution in [0, 0.1) is 11.3 Å². The van der Waals surface area contributed by atoms with Crippen molar-refractivity contribution in [2.75, 3.05) is 6.61 Å². The van der Waals surface area contributed by atoms with Crippen LogP contribution in [0.25, 0.3) is 6.20 Å². The van der Waals surface area contributed by atoms with Crippen molar-refractivity contribution in [3.8, 4) is 6.07 Å². The van der Waals surface area contributed by atoms with Crippen molar-refractivity contribution in [2.45, 2.75) is 24.9 Å². The second-order valence-corrected chi connectivity index (χ2v) is 4.27. The Labute approximate surface area is 113 Å². The van der Waals surface area contributed by atoms with E-state index in [1.165, 1.54) is 6.20 Å². The highest BCUT2D eigenvalue weighted by molar-refractivity contribution is 5.28. The third kappa shape index (κ3) is 2.55. The van der Waals surface area contributed by atoms with Gasteiger partial charge < -0.3 is 14.9 Å². The molecule has 1 aliphatic heterocycles. The molecule has 1 fully saturated rings. The molecule has 1 aromatic rings. The van der Waals surface area contributed by atoms with Crippen molar-refractivity contribution in [2.24, 2.45) is 0 Å². The molecule has 1 aliphatic rings. The van der Waals surface area contributed by atoms with E-state index in [4.69, 9.17) is 15.1 Å². The first-order valence-electron chi connectivity index (χ1n) is 5.93. The minimum absolute atomic E-state index is 0.130. The second kappa shape index (κ2) is 5.83. The Morgan fingerprint density at radius 2 is 2.30 bits per heavy atom. The number of ether oxygens (including phenoxy) is 1. The lowest BCUT2D eigenvalue weighted by molar-refractivity contribution is -0.0460. The van der Waals surface area contributed by atoms with Gasteiger partial charge in [-0.05, 0) is 0 Å². The Hall–Kier alpha value is -2.21. The number of hydrogen-bond acceptors (Lipinski definition) is 6. The minimum atomic E-state index is -0.882. The molecule has 8 nitrogen and oxygen atoms in total. The average molecular weight is 279 g/mol. The lowest BCUT2D eigenvalue weighted by Gasteiger charge is -2.15. The topological polar surface area (TPSA) is 117 Å². The van der Waals surface area contributed by atoms with Gasteiger partial charge in [0.1, 0.15) is 12.3 Å². The lowest BCUT2D eigenvalue weighted by Crippen LogP contribution is -2.38. The van der Waals surface area contributed by atoms with Crippen LogP contribution in [0.2, 0.25) is 0 Å². The van der Waals surface area contributed by atoms with Gasteiger partial charge >= 0.3 is 5.69 Å². The first-order chi connectivity index (χ1) is 9.58. The van der Waals surface area contributed by atoms with E-state index in [9.17, 15) is 14.7 Å². The van der Waals surface area contributed by atoms with Crippen LogP contribution in [0.15, 0.2) is 27.9 Å². The molecule has 0 amide bonds. The number of aliphatic hydroxyl groups excluding tert-OH is 2. The van der Waals surface area contributed by atoms with Gasteiger partial charge in [0.2, 0.25) is 0 Å². The third-order valence-corrected chi connectivity index (χ3v) is 3.03. The summed E-state index contributed by atoms with van der Waals surface area (Å²) in [7, 11) is 0. The fourth-order valence-electron chi connectivity index (χ4n) is 2.02. The fourth-order valence-corrected chi connectivity index (χ4v) is 2.02. The molecule has 1 saturated heterocycles. The summed E-state index contributed by atoms with van der Waals surface area (Å²) in [6.45, 7) is -0.361. The summed E-state index contributed by atoms with van der Waals surface area (Å²) in [6.07, 6.45) is 1.05. The van der Waals surface area contributed by atoms with Gasteiger partial charge in [-0.2, -0.15) is 5.26 Å². The highest BCUT2D eigenvalue weighted by Gasteiger charge is 2.35. The van der Waals surface area contributed by atoms with Gasteiger partial charge in [0, 0.05) is 31.0 Å². The summed E-state index contributed by atoms with van der Waals surface area (Å²) >= 11 is 0. The van der Waals surface area contributed by atoms with E-state index in [0.29, 0.717) is 0 Å². The van der Waals surface area contributed by atoms with Crippen LogP contribution in [0.5, 0.6) is 0 Å². The Morgan fingerprint density at radius 1 is 1.55 bits per heavy atom. The first-order valence-corrected chi connectivity index (χ1v) is 5.93. The molecule has 8 heteroatoms. The molecule has 2 N–H and O–H groups in total. The summed E-state index contributed by atoms with van der Waals surface area (Å²) in [4.78, 5) is 23.7. The smallest absolute Gasteiger partial charge is 0.337 e. The normalized spacial score (nSPS) is 25.9. The molecule has 0 spiro atoms. The van der Waals surface area contributed by atoms with Crippen molar-refractivity contribution in [1.29, 1.82) is 5.26 Å². The molecular formula is C12H13N3O5. The number of aliphatic hydroxyl groups is 2. The minimum Gasteiger partial charge on any atom is -0.394 e. The van der Waals surface area contributed by atoms with Gasteiger partial charge in [-0.1, -0.05) is 0 Å². The number of nitrogens with zero attached hydrogens (tertiary/aromatic N) is 3. The fraction of sp³-hybridized carbons (Fsp3) is 0.417. The number of rotatable bonds is 3. The molecule has 2 rings (SSSR count). The number of hydrogen-bond donors (Lipinski definition) is 2. The maximum absolute atomic E-state index is 12.1. The Balaban J connectivity index is 2.40. The van der Waals surface area contributed by atoms with E-state index in [1.807, 2.05) is 0 Å². The maximum Gasteiger partial charge on any atom is 0.337 e. The first kappa shape index (κ1) is 14.2. The van der Waals surface area contributed by atoms with Crippen molar-refractivity contribution in [3.63, 3.8) is 0 Å². The zero-order chi connectivity index (χ0) is 14.7. The molecule has 0 aromatic carbocycles. The Morgan fingerprint density at radius 3 is 2.90 bits per heavy atom. The van der Waals surface area contributed by atoms with Crippen LogP contribution in [-0.4, -0.2) is 38.2 Å². The molecule has 0 bridgehead atoms. The average Bonchev–Trinajstić information content (AvgIpc) is 2.79. The molecule has 3 atom stereocenters. The van der Waals surface area contributed by atoms with Crippen LogP contribution in [0.3, 0.4) is 0 Å². The summed E-state index contributed by atoms with van der Waals surface area (Å²) < 4.78 is 7.26. The molecule has 106 valence electrons. The standard InChI is InChI=1S/C12H13N3O5/c13-3-1-4-14-10(18)2-5-15(12(14)19)11-6-8(17)9(7-16)20-11/h1-2,4-5,8-9,11,16-17H,6-7H2/b4-1+/t8-,9+,11+/m0/s1. The number of nitriles is 1. The molecule has 20 heavy (non-hydrogen) atoms. The SMILES string of the molecule is N#C/C=C/n1c(=O)ccn([C@H]2C[C@H](O)[C@@H](CO)O2)c1=O. The van der Waals surface area contributed by atoms with E-state index in [0.717, 1.165) is 27.5 Å². The molecule has 2 heterocycles. The predicted molar refractivity (Wildman–Crippen MR) is 67.5 cm³/mol. The van der Waals surface area contributed by atoms with Gasteiger partial charge in [0.15, 0.2) is 0 Å². The van der Waals surface area contributed by atoms with Gasteiger partial charge in [-0.15, -0.1) is 0 Å². The zero-order valence-corrected chi connectivity index (χ0v) is 10.4. The van der Waals surface area contributed by atoms with E-state index in [1.54, 1.807) is 6.07 Å². The van der Waals surface area contributed by atoms with E-state index in [2.05, 4.69) is 0 Å². The van der Waals surface area contributed by atoms with Crippen molar-refractivity contribution in [1.82, 2.24) is 9.13 Å². The van der Waals surface area contributed by atoms with E-state index < -0.39 is 29.7 Å². The van der Waals surface area contributed by atoms with Crippen molar-refractivity contribution in [3.05, 3.63) is 39.2 Å². The molecule has 1 aromatic heterocycles. The third-order valence-electron chi connectivity index (χ3n) is 3.03. The van der Waals surface area contributed by atoms with Crippen LogP contribution >= 0.6 is 0 Å². The molecule has 0 aliphatic carbocycles. The summed E-state index contributed by atoms with van der Waals surface area (Å²) in [5, 5.41) is 27.1. The monoisotopic (exact) mass is 279 g/mol. The summed E-state index contributed by atoms with van der Waals surface area (Å²) in [5.74, 6) is 0. The van der Waals surface area contributed by atoms with Crippen molar-refractivity contribution >= 4 is 6.20 Å². The summed E-state index contributed by atoms with van der Waals surface area (Å²) in [5.41, 5.74) is -1.25. The Kier molecular flexibility index (Phi) is 4.14. The zero-order valence-electron chi connectivity index (χ0n) is 10.4. The highest BCUT2D eigenvalue weighted by Crippen LogP contribution is 2.26. The van der Waals surface area contributed by atoms with Gasteiger partial charge in [-0.3, -0.25) is 9.36 Å². The molecule has 0 saturated carbocycles. The van der Waals surface area contributed by atoms with Crippen LogP contribution in [-0.2, 0) is 4.74 Å². The van der Waals surface area contributed by atoms with Crippen LogP contribution < -0.4 is 11.2 Å². The Bertz CT molecular complexity index is 669. The van der Waals surface area contributed by atoms with Crippen LogP contribution in [0.4, 0.5) is 0 Å². The number of allylic oxidation sites excluding steroid dienone is 1. The van der Waals surface area contributed by atoms with Gasteiger partial charge in [0.25, 0.3) is 5.56 Å². The van der Waals surface area contributed by atoms with E-state index in [-0.39, 0.29) is 13.0 Å². The molecular weight excluding hydrogens is 266 g/mol. The predicted octanol–water partition coefficient (Wildman–Crippen LogP) is -1.36. The van der Waals surface area contributed by atoms with Gasteiger partial charge in [-0.25, -0.2) is 9.36 Å². The maximum atomic E-state index is 12.1. The second-order valence-electron chi connectivity index (χ2n) is 4.27. The lowest BCUT2D eigenvalue weighted by atomic mass is 10.2. The van der Waals surface area contributed by atoms with E-state index >= 15 is 0 Å². The largest absolute Gasteiger partial charge is 0.394 e.